The number of alkyl halides is 3. The Hall–Kier alpha value is -0.820. The number of rotatable bonds is 9. The van der Waals surface area contributed by atoms with Gasteiger partial charge in [0, 0.05) is 20.1 Å². The largest absolute Gasteiger partial charge is 0.389 e. The van der Waals surface area contributed by atoms with Gasteiger partial charge in [0.2, 0.25) is 5.91 Å². The minimum absolute atomic E-state index is 0.0221. The van der Waals surface area contributed by atoms with Crippen molar-refractivity contribution in [3.63, 3.8) is 0 Å². The molecule has 0 aromatic carbocycles. The topological polar surface area (TPSA) is 47.6 Å². The zero-order chi connectivity index (χ0) is 13.1. The average Bonchev–Trinajstić information content (AvgIpc) is 2.22. The lowest BCUT2D eigenvalue weighted by Crippen LogP contribution is -2.29. The molecule has 0 aliphatic heterocycles. The van der Waals surface area contributed by atoms with Crippen LogP contribution in [0, 0.1) is 0 Å². The maximum Gasteiger partial charge on any atom is 0.389 e. The van der Waals surface area contributed by atoms with E-state index in [1.54, 1.807) is 0 Å². The highest BCUT2D eigenvalue weighted by Gasteiger charge is 2.25. The first-order valence-electron chi connectivity index (χ1n) is 5.36. The van der Waals surface area contributed by atoms with E-state index in [4.69, 9.17) is 9.47 Å². The maximum atomic E-state index is 11.8. The highest BCUT2D eigenvalue weighted by molar-refractivity contribution is 5.77. The van der Waals surface area contributed by atoms with E-state index in [1.807, 2.05) is 0 Å². The smallest absolute Gasteiger partial charge is 0.382 e. The third kappa shape index (κ3) is 13.1. The predicted octanol–water partition coefficient (Wildman–Crippen LogP) is 1.50. The zero-order valence-corrected chi connectivity index (χ0v) is 9.81. The van der Waals surface area contributed by atoms with E-state index >= 15 is 0 Å². The lowest BCUT2D eigenvalue weighted by Gasteiger charge is -2.07. The summed E-state index contributed by atoms with van der Waals surface area (Å²) < 4.78 is 44.9. The number of halogens is 3. The second-order valence-electron chi connectivity index (χ2n) is 3.47. The van der Waals surface area contributed by atoms with Gasteiger partial charge in [-0.1, -0.05) is 0 Å². The van der Waals surface area contributed by atoms with Gasteiger partial charge in [0.25, 0.3) is 0 Å². The number of amides is 1. The van der Waals surface area contributed by atoms with Crippen LogP contribution in [-0.2, 0) is 14.3 Å². The van der Waals surface area contributed by atoms with Crippen LogP contribution in [0.4, 0.5) is 13.2 Å². The molecular formula is C10H18F3NO3. The SMILES string of the molecule is COCCOCC(=O)NCCCCC(F)(F)F. The van der Waals surface area contributed by atoms with Crippen molar-refractivity contribution in [3.8, 4) is 0 Å². The summed E-state index contributed by atoms with van der Waals surface area (Å²) in [5.74, 6) is -0.326. The van der Waals surface area contributed by atoms with Gasteiger partial charge >= 0.3 is 6.18 Å². The van der Waals surface area contributed by atoms with Gasteiger partial charge in [-0.2, -0.15) is 13.2 Å². The van der Waals surface area contributed by atoms with Crippen molar-refractivity contribution in [3.05, 3.63) is 0 Å². The van der Waals surface area contributed by atoms with Gasteiger partial charge in [-0.3, -0.25) is 4.79 Å². The van der Waals surface area contributed by atoms with Crippen LogP contribution in [-0.4, -0.2) is 45.6 Å². The molecule has 4 nitrogen and oxygen atoms in total. The number of carbonyl (C=O) groups excluding carboxylic acids is 1. The third-order valence-electron chi connectivity index (χ3n) is 1.87. The molecule has 0 aromatic heterocycles. The summed E-state index contributed by atoms with van der Waals surface area (Å²) in [4.78, 5) is 11.1. The van der Waals surface area contributed by atoms with Crippen LogP contribution in [0.3, 0.4) is 0 Å². The maximum absolute atomic E-state index is 11.8. The molecule has 0 fully saturated rings. The van der Waals surface area contributed by atoms with E-state index in [1.165, 1.54) is 7.11 Å². The van der Waals surface area contributed by atoms with E-state index in [2.05, 4.69) is 5.32 Å². The first-order chi connectivity index (χ1) is 7.95. The summed E-state index contributed by atoms with van der Waals surface area (Å²) in [5.41, 5.74) is 0. The number of hydrogen-bond donors (Lipinski definition) is 1. The number of hydrogen-bond acceptors (Lipinski definition) is 3. The Morgan fingerprint density at radius 3 is 2.53 bits per heavy atom. The summed E-state index contributed by atoms with van der Waals surface area (Å²) in [6.45, 7) is 0.863. The van der Waals surface area contributed by atoms with Gasteiger partial charge in [-0.15, -0.1) is 0 Å². The lowest BCUT2D eigenvalue weighted by molar-refractivity contribution is -0.135. The molecule has 1 N–H and O–H groups in total. The molecule has 0 saturated carbocycles. The van der Waals surface area contributed by atoms with Gasteiger partial charge in [-0.25, -0.2) is 0 Å². The molecule has 17 heavy (non-hydrogen) atoms. The Morgan fingerprint density at radius 2 is 1.94 bits per heavy atom. The molecule has 0 spiro atoms. The highest BCUT2D eigenvalue weighted by atomic mass is 19.4. The number of ether oxygens (including phenoxy) is 2. The van der Waals surface area contributed by atoms with E-state index in [0.29, 0.717) is 19.6 Å². The van der Waals surface area contributed by atoms with Crippen molar-refractivity contribution in [2.75, 3.05) is 33.5 Å². The fourth-order valence-corrected chi connectivity index (χ4v) is 1.04. The van der Waals surface area contributed by atoms with Crippen LogP contribution in [0.25, 0.3) is 0 Å². The van der Waals surface area contributed by atoms with Crippen molar-refractivity contribution in [1.29, 1.82) is 0 Å². The molecule has 0 unspecified atom stereocenters. The molecule has 1 amide bonds. The van der Waals surface area contributed by atoms with Crippen molar-refractivity contribution in [1.82, 2.24) is 5.32 Å². The normalized spacial score (nSPS) is 11.5. The molecule has 0 bridgehead atoms. The van der Waals surface area contributed by atoms with Crippen LogP contribution < -0.4 is 5.32 Å². The summed E-state index contributed by atoms with van der Waals surface area (Å²) >= 11 is 0. The van der Waals surface area contributed by atoms with Gasteiger partial charge in [-0.05, 0) is 12.8 Å². The van der Waals surface area contributed by atoms with Crippen LogP contribution in [0.5, 0.6) is 0 Å². The fraction of sp³-hybridized carbons (Fsp3) is 0.900. The molecule has 0 atom stereocenters. The van der Waals surface area contributed by atoms with E-state index < -0.39 is 12.6 Å². The van der Waals surface area contributed by atoms with E-state index in [-0.39, 0.29) is 25.5 Å². The second kappa shape index (κ2) is 9.23. The summed E-state index contributed by atoms with van der Waals surface area (Å²) in [5, 5.41) is 2.47. The average molecular weight is 257 g/mol. The molecular weight excluding hydrogens is 239 g/mol. The van der Waals surface area contributed by atoms with Crippen LogP contribution in [0.2, 0.25) is 0 Å². The molecule has 0 rings (SSSR count). The predicted molar refractivity (Wildman–Crippen MR) is 55.6 cm³/mol. The minimum atomic E-state index is -4.12. The first-order valence-corrected chi connectivity index (χ1v) is 5.36. The van der Waals surface area contributed by atoms with Gasteiger partial charge in [0.05, 0.1) is 13.2 Å². The highest BCUT2D eigenvalue weighted by Crippen LogP contribution is 2.21. The number of nitrogens with one attached hydrogen (secondary N) is 1. The quantitative estimate of drug-likeness (QED) is 0.637. The molecule has 102 valence electrons. The third-order valence-corrected chi connectivity index (χ3v) is 1.87. The zero-order valence-electron chi connectivity index (χ0n) is 9.81. The molecule has 7 heteroatoms. The molecule has 0 aliphatic carbocycles. The Morgan fingerprint density at radius 1 is 1.24 bits per heavy atom. The van der Waals surface area contributed by atoms with Gasteiger partial charge < -0.3 is 14.8 Å². The first kappa shape index (κ1) is 16.2. The summed E-state index contributed by atoms with van der Waals surface area (Å²) in [6.07, 6.45) is -4.60. The Labute approximate surface area is 98.5 Å². The lowest BCUT2D eigenvalue weighted by atomic mass is 10.2. The molecule has 0 radical (unpaired) electrons. The summed E-state index contributed by atoms with van der Waals surface area (Å²) in [6, 6.07) is 0. The monoisotopic (exact) mass is 257 g/mol. The standard InChI is InChI=1S/C10H18F3NO3/c1-16-6-7-17-8-9(15)14-5-3-2-4-10(11,12)13/h2-8H2,1H3,(H,14,15). The molecule has 0 heterocycles. The molecule has 0 aliphatic rings. The Bertz CT molecular complexity index is 209. The van der Waals surface area contributed by atoms with Gasteiger partial charge in [0.15, 0.2) is 0 Å². The van der Waals surface area contributed by atoms with Crippen molar-refractivity contribution in [2.24, 2.45) is 0 Å². The van der Waals surface area contributed by atoms with Crippen molar-refractivity contribution >= 4 is 5.91 Å². The van der Waals surface area contributed by atoms with Crippen LogP contribution >= 0.6 is 0 Å². The summed E-state index contributed by atoms with van der Waals surface area (Å²) in [7, 11) is 1.52. The second-order valence-corrected chi connectivity index (χ2v) is 3.47. The van der Waals surface area contributed by atoms with Crippen LogP contribution in [0.15, 0.2) is 0 Å². The van der Waals surface area contributed by atoms with Crippen LogP contribution in [0.1, 0.15) is 19.3 Å². The Kier molecular flexibility index (Phi) is 8.79. The van der Waals surface area contributed by atoms with E-state index in [9.17, 15) is 18.0 Å². The van der Waals surface area contributed by atoms with Crippen molar-refractivity contribution in [2.45, 2.75) is 25.4 Å². The minimum Gasteiger partial charge on any atom is -0.382 e. The number of methoxy groups -OCH3 is 1. The van der Waals surface area contributed by atoms with Crippen molar-refractivity contribution < 1.29 is 27.4 Å². The van der Waals surface area contributed by atoms with Gasteiger partial charge in [0.1, 0.15) is 6.61 Å². The molecule has 0 saturated heterocycles. The van der Waals surface area contributed by atoms with E-state index in [0.717, 1.165) is 0 Å². The number of carbonyl (C=O) groups is 1. The Balaban J connectivity index is 3.28. The number of unbranched alkanes of at least 4 members (excludes halogenated alkanes) is 1. The molecule has 0 aromatic rings. The fourth-order valence-electron chi connectivity index (χ4n) is 1.04.